The normalized spacial score (nSPS) is 10.7. The van der Waals surface area contributed by atoms with E-state index < -0.39 is 0 Å². The monoisotopic (exact) mass is 203 g/mol. The van der Waals surface area contributed by atoms with Crippen LogP contribution in [0.15, 0.2) is 35.3 Å². The molecular formula is C12H13NO2. The van der Waals surface area contributed by atoms with Gasteiger partial charge in [-0.15, -0.1) is 0 Å². The minimum atomic E-state index is -0.0368. The fraction of sp³-hybridized carbons (Fsp3) is 0.250. The molecule has 3 nitrogen and oxygen atoms in total. The summed E-state index contributed by atoms with van der Waals surface area (Å²) < 4.78 is 1.67. The summed E-state index contributed by atoms with van der Waals surface area (Å²) in [5.41, 5.74) is -0.0368. The molecule has 0 atom stereocenters. The van der Waals surface area contributed by atoms with Gasteiger partial charge in [0.05, 0.1) is 5.39 Å². The van der Waals surface area contributed by atoms with Gasteiger partial charge in [-0.25, -0.2) is 0 Å². The maximum absolute atomic E-state index is 11.9. The number of nitrogens with zero attached hydrogens (tertiary/aromatic N) is 1. The summed E-state index contributed by atoms with van der Waals surface area (Å²) in [6.07, 6.45) is 2.65. The zero-order valence-electron chi connectivity index (χ0n) is 8.60. The Morgan fingerprint density at radius 3 is 2.80 bits per heavy atom. The van der Waals surface area contributed by atoms with Gasteiger partial charge in [-0.05, 0) is 24.6 Å². The van der Waals surface area contributed by atoms with Crippen molar-refractivity contribution in [3.8, 4) is 5.75 Å². The highest BCUT2D eigenvalue weighted by Gasteiger charge is 2.04. The number of benzene rings is 1. The predicted molar refractivity (Wildman–Crippen MR) is 60.2 cm³/mol. The van der Waals surface area contributed by atoms with Crippen molar-refractivity contribution >= 4 is 10.8 Å². The highest BCUT2D eigenvalue weighted by Crippen LogP contribution is 2.20. The van der Waals surface area contributed by atoms with E-state index in [9.17, 15) is 9.90 Å². The van der Waals surface area contributed by atoms with Gasteiger partial charge in [0.2, 0.25) is 0 Å². The zero-order valence-corrected chi connectivity index (χ0v) is 8.60. The number of aromatic nitrogens is 1. The first-order chi connectivity index (χ1) is 7.24. The van der Waals surface area contributed by atoms with Gasteiger partial charge in [0, 0.05) is 18.1 Å². The van der Waals surface area contributed by atoms with Crippen LogP contribution in [0.1, 0.15) is 13.3 Å². The van der Waals surface area contributed by atoms with Crippen LogP contribution in [0, 0.1) is 0 Å². The Morgan fingerprint density at radius 2 is 2.07 bits per heavy atom. The van der Waals surface area contributed by atoms with Crippen LogP contribution in [0.5, 0.6) is 5.75 Å². The quantitative estimate of drug-likeness (QED) is 0.812. The zero-order chi connectivity index (χ0) is 10.8. The number of rotatable bonds is 2. The van der Waals surface area contributed by atoms with Crippen molar-refractivity contribution in [2.75, 3.05) is 0 Å². The fourth-order valence-corrected chi connectivity index (χ4v) is 1.72. The third kappa shape index (κ3) is 1.61. The number of hydrogen-bond donors (Lipinski definition) is 1. The van der Waals surface area contributed by atoms with Gasteiger partial charge < -0.3 is 9.67 Å². The van der Waals surface area contributed by atoms with Crippen LogP contribution in [0.25, 0.3) is 10.8 Å². The molecule has 0 spiro atoms. The van der Waals surface area contributed by atoms with E-state index in [2.05, 4.69) is 0 Å². The number of phenolic OH excluding ortho intramolecular Hbond substituents is 1. The molecule has 78 valence electrons. The molecule has 0 saturated carbocycles. The minimum Gasteiger partial charge on any atom is -0.507 e. The Kier molecular flexibility index (Phi) is 2.46. The van der Waals surface area contributed by atoms with Crippen LogP contribution in [0.4, 0.5) is 0 Å². The van der Waals surface area contributed by atoms with Crippen LogP contribution in [0.3, 0.4) is 0 Å². The molecular weight excluding hydrogens is 190 g/mol. The highest BCUT2D eigenvalue weighted by molar-refractivity contribution is 5.86. The first kappa shape index (κ1) is 9.77. The number of aryl methyl sites for hydroxylation is 1. The molecule has 0 radical (unpaired) electrons. The van der Waals surface area contributed by atoms with E-state index in [1.165, 1.54) is 0 Å². The summed E-state index contributed by atoms with van der Waals surface area (Å²) in [5.74, 6) is 0.160. The van der Waals surface area contributed by atoms with Crippen molar-refractivity contribution in [2.24, 2.45) is 0 Å². The summed E-state index contributed by atoms with van der Waals surface area (Å²) in [7, 11) is 0. The summed E-state index contributed by atoms with van der Waals surface area (Å²) >= 11 is 0. The second-order valence-electron chi connectivity index (χ2n) is 3.55. The molecule has 0 saturated heterocycles. The average molecular weight is 203 g/mol. The summed E-state index contributed by atoms with van der Waals surface area (Å²) in [6.45, 7) is 2.74. The Morgan fingerprint density at radius 1 is 1.27 bits per heavy atom. The smallest absolute Gasteiger partial charge is 0.258 e. The van der Waals surface area contributed by atoms with Gasteiger partial charge >= 0.3 is 0 Å². The van der Waals surface area contributed by atoms with Crippen LogP contribution in [-0.2, 0) is 6.54 Å². The standard InChI is InChI=1S/C12H13NO2/c1-2-7-13-8-6-9-10(12(13)15)4-3-5-11(9)14/h3-6,8,14H,2,7H2,1H3. The van der Waals surface area contributed by atoms with E-state index in [4.69, 9.17) is 0 Å². The Bertz CT molecular complexity index is 543. The first-order valence-electron chi connectivity index (χ1n) is 5.05. The molecule has 0 aliphatic rings. The van der Waals surface area contributed by atoms with Crippen molar-refractivity contribution in [1.29, 1.82) is 0 Å². The minimum absolute atomic E-state index is 0.0368. The number of pyridine rings is 1. The van der Waals surface area contributed by atoms with E-state index in [0.29, 0.717) is 17.3 Å². The molecule has 0 aliphatic carbocycles. The van der Waals surface area contributed by atoms with Gasteiger partial charge in [-0.2, -0.15) is 0 Å². The van der Waals surface area contributed by atoms with Gasteiger partial charge in [0.15, 0.2) is 0 Å². The number of aromatic hydroxyl groups is 1. The number of hydrogen-bond acceptors (Lipinski definition) is 2. The van der Waals surface area contributed by atoms with Crippen molar-refractivity contribution in [3.63, 3.8) is 0 Å². The molecule has 0 bridgehead atoms. The molecule has 1 aromatic carbocycles. The Balaban J connectivity index is 2.75. The van der Waals surface area contributed by atoms with E-state index in [-0.39, 0.29) is 11.3 Å². The lowest BCUT2D eigenvalue weighted by Gasteiger charge is -2.06. The Hall–Kier alpha value is -1.77. The molecule has 2 rings (SSSR count). The SMILES string of the molecule is CCCn1ccc2c(O)cccc2c1=O. The number of fused-ring (bicyclic) bond motifs is 1. The fourth-order valence-electron chi connectivity index (χ4n) is 1.72. The lowest BCUT2D eigenvalue weighted by molar-refractivity contribution is 0.481. The molecule has 1 heterocycles. The second kappa shape index (κ2) is 3.77. The lowest BCUT2D eigenvalue weighted by Crippen LogP contribution is -2.19. The van der Waals surface area contributed by atoms with Crippen LogP contribution < -0.4 is 5.56 Å². The van der Waals surface area contributed by atoms with Crippen molar-refractivity contribution < 1.29 is 5.11 Å². The maximum atomic E-state index is 11.9. The predicted octanol–water partition coefficient (Wildman–Crippen LogP) is 2.12. The van der Waals surface area contributed by atoms with Gasteiger partial charge in [-0.3, -0.25) is 4.79 Å². The van der Waals surface area contributed by atoms with E-state index in [0.717, 1.165) is 6.42 Å². The Labute approximate surface area is 87.6 Å². The van der Waals surface area contributed by atoms with Crippen molar-refractivity contribution in [2.45, 2.75) is 19.9 Å². The summed E-state index contributed by atoms with van der Waals surface area (Å²) in [6, 6.07) is 6.80. The molecule has 0 amide bonds. The summed E-state index contributed by atoms with van der Waals surface area (Å²) in [5, 5.41) is 10.8. The first-order valence-corrected chi connectivity index (χ1v) is 5.05. The van der Waals surface area contributed by atoms with E-state index in [1.54, 1.807) is 35.0 Å². The molecule has 3 heteroatoms. The molecule has 0 aliphatic heterocycles. The average Bonchev–Trinajstić information content (AvgIpc) is 2.23. The molecule has 1 N–H and O–H groups in total. The third-order valence-electron chi connectivity index (χ3n) is 2.46. The molecule has 2 aromatic rings. The number of phenols is 1. The van der Waals surface area contributed by atoms with Crippen LogP contribution >= 0.6 is 0 Å². The van der Waals surface area contributed by atoms with E-state index in [1.807, 2.05) is 6.92 Å². The molecule has 15 heavy (non-hydrogen) atoms. The topological polar surface area (TPSA) is 42.2 Å². The van der Waals surface area contributed by atoms with Gasteiger partial charge in [-0.1, -0.05) is 13.0 Å². The largest absolute Gasteiger partial charge is 0.507 e. The van der Waals surface area contributed by atoms with E-state index >= 15 is 0 Å². The highest BCUT2D eigenvalue weighted by atomic mass is 16.3. The van der Waals surface area contributed by atoms with Crippen LogP contribution in [-0.4, -0.2) is 9.67 Å². The van der Waals surface area contributed by atoms with Gasteiger partial charge in [0.1, 0.15) is 5.75 Å². The van der Waals surface area contributed by atoms with Crippen molar-refractivity contribution in [1.82, 2.24) is 4.57 Å². The molecule has 0 unspecified atom stereocenters. The maximum Gasteiger partial charge on any atom is 0.258 e. The third-order valence-corrected chi connectivity index (χ3v) is 2.46. The summed E-state index contributed by atoms with van der Waals surface area (Å²) in [4.78, 5) is 11.9. The molecule has 1 aromatic heterocycles. The van der Waals surface area contributed by atoms with Crippen LogP contribution in [0.2, 0.25) is 0 Å². The second-order valence-corrected chi connectivity index (χ2v) is 3.55. The lowest BCUT2D eigenvalue weighted by atomic mass is 10.1. The van der Waals surface area contributed by atoms with Crippen molar-refractivity contribution in [3.05, 3.63) is 40.8 Å². The molecule has 0 fully saturated rings. The van der Waals surface area contributed by atoms with Gasteiger partial charge in [0.25, 0.3) is 5.56 Å².